The quantitative estimate of drug-likeness (QED) is 0.0271. The van der Waals surface area contributed by atoms with E-state index in [2.05, 4.69) is 30.9 Å². The predicted octanol–water partition coefficient (Wildman–Crippen LogP) is 16.6. The number of Topliss-reactive ketones (excluding diaryl/α,β-unsaturated/α-hetero) is 4. The number of aromatic carboxylic acids is 1. The molecule has 0 fully saturated rings. The van der Waals surface area contributed by atoms with Gasteiger partial charge in [0.1, 0.15) is 33.6 Å². The van der Waals surface area contributed by atoms with Crippen LogP contribution in [0.3, 0.4) is 0 Å². The Morgan fingerprint density at radius 1 is 0.640 bits per heavy atom. The van der Waals surface area contributed by atoms with Gasteiger partial charge in [0.2, 0.25) is 0 Å². The molecular weight excluding hydrogens is 1370 g/mol. The van der Waals surface area contributed by atoms with E-state index in [0.29, 0.717) is 69.1 Å². The number of rotatable bonds is 13. The summed E-state index contributed by atoms with van der Waals surface area (Å²) >= 11 is 25.9. The van der Waals surface area contributed by atoms with E-state index in [1.165, 1.54) is 97.6 Å². The van der Waals surface area contributed by atoms with Crippen molar-refractivity contribution in [2.45, 2.75) is 40.6 Å². The predicted molar refractivity (Wildman–Crippen MR) is 347 cm³/mol. The van der Waals surface area contributed by atoms with Gasteiger partial charge < -0.3 is 40.7 Å². The van der Waals surface area contributed by atoms with Gasteiger partial charge in [-0.2, -0.15) is 10.2 Å². The molecule has 6 aromatic heterocycles. The number of carbonyl (C=O) groups excluding carboxylic acids is 4. The zero-order chi connectivity index (χ0) is 65.6. The van der Waals surface area contributed by atoms with Gasteiger partial charge in [0, 0.05) is 62.8 Å². The summed E-state index contributed by atoms with van der Waals surface area (Å²) in [6.45, 7) is 5.96. The zero-order valence-corrected chi connectivity index (χ0v) is 53.9. The number of pyridine rings is 1. The number of nitrogens with zero attached hydrogens (tertiary/aromatic N) is 4. The largest absolute Gasteiger partial charge is 0.573 e. The second kappa shape index (κ2) is 31.2. The van der Waals surface area contributed by atoms with Crippen molar-refractivity contribution in [1.82, 2.24) is 14.3 Å². The SMILES string of the molecule is C/C(=N\N)c1nn(C)c(-c2ccc(Cl)c(Cl)c2)c1O.CC(=O)c1csc(-c2ccc(Br)cc2)c1O.CC(=O)c1csc(-c2ccc(OC(F)(F)F)cc2)c1O.CC(=O)c1csc(-c2cccc(Cl)c2)c1O.O=C(O)c1ccc(C(=O)Cn2ccc(=O)cc2)s1. The van der Waals surface area contributed by atoms with Gasteiger partial charge in [0.15, 0.2) is 40.0 Å². The number of carbonyl (C=O) groups is 5. The Hall–Kier alpha value is -8.40. The molecule has 0 unspecified atom stereocenters. The number of aryl methyl sites for hydroxylation is 1. The third-order valence-corrected chi connectivity index (χ3v) is 17.7. The van der Waals surface area contributed by atoms with Gasteiger partial charge in [-0.25, -0.2) is 4.79 Å². The Morgan fingerprint density at radius 2 is 1.12 bits per heavy atom. The minimum absolute atomic E-state index is 0.00703. The van der Waals surface area contributed by atoms with E-state index in [9.17, 15) is 62.4 Å². The molecule has 462 valence electrons. The Morgan fingerprint density at radius 3 is 1.56 bits per heavy atom. The maximum atomic E-state index is 12.0. The molecule has 4 aromatic carbocycles. The molecule has 10 aromatic rings. The van der Waals surface area contributed by atoms with Crippen molar-refractivity contribution < 1.29 is 67.4 Å². The van der Waals surface area contributed by atoms with Crippen LogP contribution in [0.5, 0.6) is 28.7 Å². The average molecular weight is 1410 g/mol. The van der Waals surface area contributed by atoms with Gasteiger partial charge in [-0.15, -0.1) is 58.5 Å². The number of benzene rings is 4. The molecule has 10 rings (SSSR count). The Bertz CT molecular complexity index is 4290. The van der Waals surface area contributed by atoms with E-state index in [1.807, 2.05) is 36.4 Å². The molecule has 17 nitrogen and oxygen atoms in total. The number of hydrogen-bond acceptors (Lipinski definition) is 18. The smallest absolute Gasteiger partial charge is 0.506 e. The van der Waals surface area contributed by atoms with Crippen molar-refractivity contribution in [2.75, 3.05) is 0 Å². The van der Waals surface area contributed by atoms with Gasteiger partial charge in [0.25, 0.3) is 0 Å². The van der Waals surface area contributed by atoms with Crippen LogP contribution in [0.2, 0.25) is 15.1 Å². The van der Waals surface area contributed by atoms with Crippen LogP contribution in [-0.2, 0) is 13.6 Å². The molecule has 0 bridgehead atoms. The second-order valence-corrected chi connectivity index (χ2v) is 24.2. The van der Waals surface area contributed by atoms with Gasteiger partial charge in [-0.3, -0.25) is 28.7 Å². The van der Waals surface area contributed by atoms with Crippen LogP contribution in [0.1, 0.15) is 83.8 Å². The summed E-state index contributed by atoms with van der Waals surface area (Å²) in [6.07, 6.45) is -1.70. The highest BCUT2D eigenvalue weighted by molar-refractivity contribution is 9.10. The topological polar surface area (TPSA) is 274 Å². The summed E-state index contributed by atoms with van der Waals surface area (Å²) in [5.74, 6) is 3.08. The zero-order valence-electron chi connectivity index (χ0n) is 46.8. The lowest BCUT2D eigenvalue weighted by Crippen LogP contribution is -2.16. The van der Waals surface area contributed by atoms with Crippen molar-refractivity contribution in [2.24, 2.45) is 18.0 Å². The number of halogens is 7. The van der Waals surface area contributed by atoms with E-state index in [1.54, 1.807) is 64.3 Å². The van der Waals surface area contributed by atoms with E-state index in [-0.39, 0.29) is 74.3 Å². The third-order valence-electron chi connectivity index (χ3n) is 12.0. The number of thiophene rings is 4. The summed E-state index contributed by atoms with van der Waals surface area (Å²) in [7, 11) is 1.71. The van der Waals surface area contributed by atoms with Crippen LogP contribution < -0.4 is 16.0 Å². The molecule has 0 aliphatic carbocycles. The molecule has 0 saturated carbocycles. The number of hydrogen-bond donors (Lipinski definition) is 6. The lowest BCUT2D eigenvalue weighted by molar-refractivity contribution is -0.274. The fraction of sp³-hybridized carbons (Fsp3) is 0.115. The molecular formula is C61H48BrCl3F3N5O12S4. The van der Waals surface area contributed by atoms with Gasteiger partial charge in [-0.1, -0.05) is 81.1 Å². The fourth-order valence-electron chi connectivity index (χ4n) is 7.64. The van der Waals surface area contributed by atoms with Crippen LogP contribution in [0.15, 0.2) is 158 Å². The molecule has 89 heavy (non-hydrogen) atoms. The first-order chi connectivity index (χ1) is 42.0. The number of ketones is 4. The normalized spacial score (nSPS) is 10.9. The number of nitrogens with two attached hydrogens (primary N) is 1. The minimum atomic E-state index is -4.74. The second-order valence-electron chi connectivity index (χ2n) is 18.4. The molecule has 0 saturated heterocycles. The summed E-state index contributed by atoms with van der Waals surface area (Å²) in [6, 6.07) is 30.6. The molecule has 0 aliphatic heterocycles. The Labute approximate surface area is 544 Å². The summed E-state index contributed by atoms with van der Waals surface area (Å²) < 4.78 is 43.9. The van der Waals surface area contributed by atoms with Crippen molar-refractivity contribution >= 4 is 131 Å². The molecule has 7 N–H and O–H groups in total. The molecule has 0 amide bonds. The first-order valence-corrected chi connectivity index (χ1v) is 30.7. The molecule has 6 heterocycles. The van der Waals surface area contributed by atoms with Crippen LogP contribution in [0.4, 0.5) is 13.2 Å². The highest BCUT2D eigenvalue weighted by atomic mass is 79.9. The number of carboxylic acids is 1. The highest BCUT2D eigenvalue weighted by Gasteiger charge is 2.31. The number of aromatic hydroxyl groups is 4. The van der Waals surface area contributed by atoms with Crippen molar-refractivity contribution in [3.05, 3.63) is 206 Å². The van der Waals surface area contributed by atoms with E-state index >= 15 is 0 Å². The van der Waals surface area contributed by atoms with E-state index in [0.717, 1.165) is 55.3 Å². The lowest BCUT2D eigenvalue weighted by Gasteiger charge is -2.09. The fourth-order valence-corrected chi connectivity index (χ4v) is 12.2. The highest BCUT2D eigenvalue weighted by Crippen LogP contribution is 2.42. The van der Waals surface area contributed by atoms with Gasteiger partial charge in [0.05, 0.1) is 58.5 Å². The summed E-state index contributed by atoms with van der Waals surface area (Å²) in [4.78, 5) is 69.4. The molecule has 28 heteroatoms. The molecule has 0 radical (unpaired) electrons. The number of carboxylic acid groups (broad SMARTS) is 1. The van der Waals surface area contributed by atoms with Crippen molar-refractivity contribution in [1.29, 1.82) is 0 Å². The van der Waals surface area contributed by atoms with Crippen LogP contribution in [0.25, 0.3) is 42.6 Å². The maximum Gasteiger partial charge on any atom is 0.573 e. The Balaban J connectivity index is 0.000000178. The van der Waals surface area contributed by atoms with E-state index < -0.39 is 12.3 Å². The number of ether oxygens (including phenoxy) is 1. The van der Waals surface area contributed by atoms with Crippen molar-refractivity contribution in [3.8, 4) is 71.3 Å². The van der Waals surface area contributed by atoms with Crippen molar-refractivity contribution in [3.63, 3.8) is 0 Å². The van der Waals surface area contributed by atoms with Gasteiger partial charge in [-0.05, 0) is 117 Å². The number of aromatic nitrogens is 3. The number of hydrazone groups is 1. The first-order valence-electron chi connectivity index (χ1n) is 25.3. The first kappa shape index (κ1) is 69.7. The monoisotopic (exact) mass is 1410 g/mol. The maximum absolute atomic E-state index is 12.0. The number of alkyl halides is 3. The molecule has 0 atom stereocenters. The standard InChI is InChI=1S/C13H9F3O3S.C12H9BrO2S.C12H12Cl2N4O.C12H9ClO2S.C12H9NO4S/c1-7(17)10-6-20-12(11(10)18)8-2-4-9(5-3-8)19-13(14,15)16;1-7(14)10-6-16-12(11(10)15)8-2-4-9(13)5-3-8;1-6(16-15)10-12(19)11(18(2)17-10)7-3-4-8(13)9(14)5-7;1-7(14)10-6-16-12(11(10)15)8-3-2-4-9(13)5-8;14-8-3-5-13(6-4-8)7-9(15)10-1-2-11(18-10)12(16)17/h2-6,18H,1H3;2-6,15H,1H3;3-5,19H,15H2,1-2H3;2-6,15H,1H3;1-6H,7H2,(H,16,17)/b;;16-6+;;. The van der Waals surface area contributed by atoms with Crippen LogP contribution >= 0.6 is 96.1 Å². The Kier molecular flexibility index (Phi) is 24.4. The lowest BCUT2D eigenvalue weighted by atomic mass is 10.1. The van der Waals surface area contributed by atoms with Crippen LogP contribution in [-0.4, -0.2) is 81.1 Å². The summed E-state index contributed by atoms with van der Waals surface area (Å²) in [5, 5.41) is 62.7. The average Bonchev–Trinajstić information content (AvgIpc) is 2.34. The third kappa shape index (κ3) is 18.8. The van der Waals surface area contributed by atoms with E-state index in [4.69, 9.17) is 45.8 Å². The molecule has 0 spiro atoms. The van der Waals surface area contributed by atoms with Gasteiger partial charge >= 0.3 is 12.3 Å². The minimum Gasteiger partial charge on any atom is -0.506 e. The summed E-state index contributed by atoms with van der Waals surface area (Å²) in [5.41, 5.74) is 5.08. The molecule has 0 aliphatic rings. The van der Waals surface area contributed by atoms with Crippen LogP contribution in [0, 0.1) is 0 Å².